The van der Waals surface area contributed by atoms with Crippen LogP contribution in [-0.4, -0.2) is 21.7 Å². The number of carbonyl (C=O) groups is 1. The van der Waals surface area contributed by atoms with E-state index in [0.29, 0.717) is 5.56 Å². The largest absolute Gasteiger partial charge is 0.393 e. The van der Waals surface area contributed by atoms with Gasteiger partial charge in [0.2, 0.25) is 0 Å². The molecular weight excluding hydrogens is 312 g/mol. The van der Waals surface area contributed by atoms with Crippen LogP contribution in [0.2, 0.25) is 0 Å². The molecular formula is C21H22N2O2. The zero-order chi connectivity index (χ0) is 17.4. The minimum Gasteiger partial charge on any atom is -0.393 e. The van der Waals surface area contributed by atoms with Crippen LogP contribution >= 0.6 is 0 Å². The quantitative estimate of drug-likeness (QED) is 0.768. The number of nitrogens with zero attached hydrogens (tertiary/aromatic N) is 1. The number of para-hydroxylation sites is 1. The van der Waals surface area contributed by atoms with E-state index in [1.165, 1.54) is 0 Å². The van der Waals surface area contributed by atoms with Gasteiger partial charge in [0.1, 0.15) is 0 Å². The summed E-state index contributed by atoms with van der Waals surface area (Å²) in [5.41, 5.74) is 2.83. The third-order valence-electron chi connectivity index (χ3n) is 5.21. The predicted octanol–water partition coefficient (Wildman–Crippen LogP) is 3.42. The lowest BCUT2D eigenvalue weighted by molar-refractivity contribution is 0.0235. The third kappa shape index (κ3) is 2.94. The number of aryl methyl sites for hydroxylation is 1. The molecule has 1 atom stereocenters. The molecule has 3 aromatic rings. The summed E-state index contributed by atoms with van der Waals surface area (Å²) in [5.74, 6) is 0.211. The highest BCUT2D eigenvalue weighted by atomic mass is 16.3. The summed E-state index contributed by atoms with van der Waals surface area (Å²) in [6.07, 6.45) is 3.10. The van der Waals surface area contributed by atoms with Gasteiger partial charge in [0.25, 0.3) is 5.91 Å². The van der Waals surface area contributed by atoms with Crippen molar-refractivity contribution in [3.63, 3.8) is 0 Å². The smallest absolute Gasteiger partial charge is 0.253 e. The molecule has 1 amide bonds. The van der Waals surface area contributed by atoms with Crippen LogP contribution in [-0.2, 0) is 7.05 Å². The summed E-state index contributed by atoms with van der Waals surface area (Å²) in [7, 11) is 1.95. The molecule has 1 aliphatic carbocycles. The number of hydrogen-bond acceptors (Lipinski definition) is 2. The first-order valence-corrected chi connectivity index (χ1v) is 8.71. The summed E-state index contributed by atoms with van der Waals surface area (Å²) in [6, 6.07) is 17.9. The van der Waals surface area contributed by atoms with Crippen LogP contribution in [0.4, 0.5) is 0 Å². The number of hydrogen-bond donors (Lipinski definition) is 2. The van der Waals surface area contributed by atoms with E-state index in [1.54, 1.807) is 0 Å². The van der Waals surface area contributed by atoms with Crippen LogP contribution in [0, 0.1) is 5.92 Å². The van der Waals surface area contributed by atoms with Crippen LogP contribution in [0.3, 0.4) is 0 Å². The number of fused-ring (bicyclic) bond motifs is 1. The lowest BCUT2D eigenvalue weighted by Gasteiger charge is -2.38. The first kappa shape index (κ1) is 15.9. The molecule has 1 aromatic heterocycles. The van der Waals surface area contributed by atoms with Gasteiger partial charge in [0, 0.05) is 24.1 Å². The Morgan fingerprint density at radius 1 is 1.12 bits per heavy atom. The Labute approximate surface area is 147 Å². The number of amides is 1. The zero-order valence-electron chi connectivity index (χ0n) is 14.2. The standard InChI is InChI=1S/C21H22N2O2/c1-23-13-18(17-9-5-6-10-19(17)23)21(25)22-20(15-11-16(24)12-15)14-7-3-2-4-8-14/h2-10,13,15-16,20,24H,11-12H2,1H3,(H,22,25). The van der Waals surface area contributed by atoms with Crippen molar-refractivity contribution in [2.24, 2.45) is 13.0 Å². The molecule has 25 heavy (non-hydrogen) atoms. The fourth-order valence-corrected chi connectivity index (χ4v) is 3.78. The lowest BCUT2D eigenvalue weighted by Crippen LogP contribution is -2.41. The first-order valence-electron chi connectivity index (χ1n) is 8.71. The SMILES string of the molecule is Cn1cc(C(=O)NC(c2ccccc2)C2CC(O)C2)c2ccccc21. The molecule has 0 bridgehead atoms. The minimum absolute atomic E-state index is 0.0629. The lowest BCUT2D eigenvalue weighted by atomic mass is 9.75. The van der Waals surface area contributed by atoms with Gasteiger partial charge in [0.15, 0.2) is 0 Å². The van der Waals surface area contributed by atoms with Crippen molar-refractivity contribution in [3.05, 3.63) is 71.9 Å². The summed E-state index contributed by atoms with van der Waals surface area (Å²) in [5, 5.41) is 13.9. The van der Waals surface area contributed by atoms with Crippen LogP contribution in [0.25, 0.3) is 10.9 Å². The van der Waals surface area contributed by atoms with Gasteiger partial charge in [-0.3, -0.25) is 4.79 Å². The fourth-order valence-electron chi connectivity index (χ4n) is 3.78. The number of rotatable bonds is 4. The first-order chi connectivity index (χ1) is 12.1. The number of benzene rings is 2. The van der Waals surface area contributed by atoms with Crippen molar-refractivity contribution in [2.45, 2.75) is 25.0 Å². The highest BCUT2D eigenvalue weighted by molar-refractivity contribution is 6.07. The number of aromatic nitrogens is 1. The van der Waals surface area contributed by atoms with Gasteiger partial charge in [-0.2, -0.15) is 0 Å². The van der Waals surface area contributed by atoms with E-state index in [4.69, 9.17) is 0 Å². The second-order valence-electron chi connectivity index (χ2n) is 6.92. The van der Waals surface area contributed by atoms with Crippen molar-refractivity contribution < 1.29 is 9.90 Å². The molecule has 4 heteroatoms. The van der Waals surface area contributed by atoms with Crippen LogP contribution in [0.1, 0.15) is 34.8 Å². The number of aliphatic hydroxyl groups is 1. The van der Waals surface area contributed by atoms with Crippen molar-refractivity contribution in [3.8, 4) is 0 Å². The van der Waals surface area contributed by atoms with Gasteiger partial charge in [-0.1, -0.05) is 48.5 Å². The number of nitrogens with one attached hydrogen (secondary N) is 1. The predicted molar refractivity (Wildman–Crippen MR) is 98.3 cm³/mol. The van der Waals surface area contributed by atoms with Gasteiger partial charge in [-0.15, -0.1) is 0 Å². The minimum atomic E-state index is -0.245. The Hall–Kier alpha value is -2.59. The molecule has 1 heterocycles. The van der Waals surface area contributed by atoms with Crippen LogP contribution < -0.4 is 5.32 Å². The Morgan fingerprint density at radius 2 is 1.80 bits per heavy atom. The molecule has 4 rings (SSSR count). The molecule has 0 spiro atoms. The molecule has 0 radical (unpaired) electrons. The molecule has 4 nitrogen and oxygen atoms in total. The monoisotopic (exact) mass is 334 g/mol. The fraction of sp³-hybridized carbons (Fsp3) is 0.286. The van der Waals surface area contributed by atoms with E-state index < -0.39 is 0 Å². The van der Waals surface area contributed by atoms with E-state index in [2.05, 4.69) is 5.32 Å². The average molecular weight is 334 g/mol. The summed E-state index contributed by atoms with van der Waals surface area (Å²) < 4.78 is 1.98. The normalized spacial score (nSPS) is 20.9. The van der Waals surface area contributed by atoms with Gasteiger partial charge in [-0.05, 0) is 30.4 Å². The highest BCUT2D eigenvalue weighted by Gasteiger charge is 2.36. The summed E-state index contributed by atoms with van der Waals surface area (Å²) in [6.45, 7) is 0. The highest BCUT2D eigenvalue weighted by Crippen LogP contribution is 2.38. The Kier molecular flexibility index (Phi) is 4.06. The van der Waals surface area contributed by atoms with Crippen LogP contribution in [0.5, 0.6) is 0 Å². The zero-order valence-corrected chi connectivity index (χ0v) is 14.2. The van der Waals surface area contributed by atoms with E-state index >= 15 is 0 Å². The topological polar surface area (TPSA) is 54.3 Å². The van der Waals surface area contributed by atoms with Gasteiger partial charge < -0.3 is 15.0 Å². The van der Waals surface area contributed by atoms with E-state index in [9.17, 15) is 9.90 Å². The van der Waals surface area contributed by atoms with Crippen molar-refractivity contribution in [1.82, 2.24) is 9.88 Å². The molecule has 1 aliphatic rings. The Bertz CT molecular complexity index is 895. The van der Waals surface area contributed by atoms with Crippen molar-refractivity contribution in [1.29, 1.82) is 0 Å². The maximum atomic E-state index is 13.0. The van der Waals surface area contributed by atoms with Crippen molar-refractivity contribution >= 4 is 16.8 Å². The van der Waals surface area contributed by atoms with E-state index in [-0.39, 0.29) is 24.0 Å². The number of aliphatic hydroxyl groups excluding tert-OH is 1. The Morgan fingerprint density at radius 3 is 2.52 bits per heavy atom. The molecule has 1 fully saturated rings. The second-order valence-corrected chi connectivity index (χ2v) is 6.92. The molecule has 2 aromatic carbocycles. The molecule has 0 saturated heterocycles. The summed E-state index contributed by atoms with van der Waals surface area (Å²) >= 11 is 0. The van der Waals surface area contributed by atoms with Gasteiger partial charge in [-0.25, -0.2) is 0 Å². The summed E-state index contributed by atoms with van der Waals surface area (Å²) in [4.78, 5) is 13.0. The van der Waals surface area contributed by atoms with Crippen molar-refractivity contribution in [2.75, 3.05) is 0 Å². The Balaban J connectivity index is 1.64. The molecule has 1 saturated carbocycles. The second kappa shape index (κ2) is 6.37. The average Bonchev–Trinajstić information content (AvgIpc) is 2.95. The maximum Gasteiger partial charge on any atom is 0.253 e. The third-order valence-corrected chi connectivity index (χ3v) is 5.21. The number of carbonyl (C=O) groups excluding carboxylic acids is 1. The van der Waals surface area contributed by atoms with Gasteiger partial charge >= 0.3 is 0 Å². The van der Waals surface area contributed by atoms with E-state index in [0.717, 1.165) is 29.3 Å². The molecule has 128 valence electrons. The van der Waals surface area contributed by atoms with Crippen LogP contribution in [0.15, 0.2) is 60.8 Å². The molecule has 0 aliphatic heterocycles. The molecule has 2 N–H and O–H groups in total. The maximum absolute atomic E-state index is 13.0. The molecule has 1 unspecified atom stereocenters. The van der Waals surface area contributed by atoms with Gasteiger partial charge in [0.05, 0.1) is 17.7 Å². The van der Waals surface area contributed by atoms with E-state index in [1.807, 2.05) is 72.4 Å².